The van der Waals surface area contributed by atoms with Gasteiger partial charge in [0, 0.05) is 13.6 Å². The zero-order valence-corrected chi connectivity index (χ0v) is 11.5. The minimum Gasteiger partial charge on any atom is -0.347 e. The molecule has 0 aliphatic rings. The average Bonchev–Trinajstić information content (AvgIpc) is 2.74. The number of hydrogen-bond acceptors (Lipinski definition) is 2. The standard InChI is InChI=1S/C14H14F3N3O/c1-9-7-12(20(2)19-9)13(21)18-8-10-5-3-4-6-11(10)14(15,16)17/h3-7H,8H2,1-2H3,(H,18,21). The van der Waals surface area contributed by atoms with Crippen LogP contribution in [0.3, 0.4) is 0 Å². The summed E-state index contributed by atoms with van der Waals surface area (Å²) in [4.78, 5) is 12.0. The Hall–Kier alpha value is -2.31. The molecule has 1 aromatic carbocycles. The highest BCUT2D eigenvalue weighted by Gasteiger charge is 2.32. The van der Waals surface area contributed by atoms with Gasteiger partial charge in [0.2, 0.25) is 0 Å². The third kappa shape index (κ3) is 3.42. The van der Waals surface area contributed by atoms with Crippen molar-refractivity contribution in [1.29, 1.82) is 0 Å². The number of aryl methyl sites for hydroxylation is 2. The fourth-order valence-corrected chi connectivity index (χ4v) is 2.04. The van der Waals surface area contributed by atoms with Gasteiger partial charge in [-0.2, -0.15) is 18.3 Å². The second-order valence-electron chi connectivity index (χ2n) is 4.63. The summed E-state index contributed by atoms with van der Waals surface area (Å²) in [6.45, 7) is 1.54. The van der Waals surface area contributed by atoms with E-state index in [0.29, 0.717) is 11.4 Å². The van der Waals surface area contributed by atoms with Crippen LogP contribution in [0, 0.1) is 6.92 Å². The second-order valence-corrected chi connectivity index (χ2v) is 4.63. The number of nitrogens with one attached hydrogen (secondary N) is 1. The van der Waals surface area contributed by atoms with Gasteiger partial charge in [-0.1, -0.05) is 18.2 Å². The summed E-state index contributed by atoms with van der Waals surface area (Å²) in [6.07, 6.45) is -4.44. The molecule has 1 amide bonds. The number of aromatic nitrogens is 2. The second kappa shape index (κ2) is 5.59. The zero-order chi connectivity index (χ0) is 15.6. The van der Waals surface area contributed by atoms with E-state index in [1.807, 2.05) is 0 Å². The highest BCUT2D eigenvalue weighted by molar-refractivity contribution is 5.92. The van der Waals surface area contributed by atoms with Crippen molar-refractivity contribution in [3.8, 4) is 0 Å². The topological polar surface area (TPSA) is 46.9 Å². The lowest BCUT2D eigenvalue weighted by atomic mass is 10.1. The van der Waals surface area contributed by atoms with Gasteiger partial charge in [-0.25, -0.2) is 0 Å². The van der Waals surface area contributed by atoms with E-state index in [0.717, 1.165) is 6.07 Å². The van der Waals surface area contributed by atoms with Crippen molar-refractivity contribution in [2.24, 2.45) is 7.05 Å². The highest BCUT2D eigenvalue weighted by atomic mass is 19.4. The van der Waals surface area contributed by atoms with Crippen LogP contribution in [0.1, 0.15) is 27.3 Å². The molecule has 0 bridgehead atoms. The van der Waals surface area contributed by atoms with Crippen LogP contribution in [0.15, 0.2) is 30.3 Å². The van der Waals surface area contributed by atoms with Crippen LogP contribution in [0.5, 0.6) is 0 Å². The first kappa shape index (κ1) is 15.1. The number of hydrogen-bond donors (Lipinski definition) is 1. The van der Waals surface area contributed by atoms with Crippen molar-refractivity contribution in [3.63, 3.8) is 0 Å². The number of carbonyl (C=O) groups is 1. The Morgan fingerprint density at radius 1 is 1.33 bits per heavy atom. The summed E-state index contributed by atoms with van der Waals surface area (Å²) in [6, 6.07) is 6.74. The molecule has 2 aromatic rings. The predicted octanol–water partition coefficient (Wildman–Crippen LogP) is 2.68. The molecule has 0 saturated heterocycles. The number of halogens is 3. The monoisotopic (exact) mass is 297 g/mol. The predicted molar refractivity (Wildman–Crippen MR) is 70.6 cm³/mol. The van der Waals surface area contributed by atoms with Crippen LogP contribution in [-0.4, -0.2) is 15.7 Å². The van der Waals surface area contributed by atoms with Crippen LogP contribution in [0.2, 0.25) is 0 Å². The Balaban J connectivity index is 2.14. The molecule has 1 N–H and O–H groups in total. The number of alkyl halides is 3. The van der Waals surface area contributed by atoms with Crippen molar-refractivity contribution >= 4 is 5.91 Å². The summed E-state index contributed by atoms with van der Waals surface area (Å²) in [5.41, 5.74) is 0.249. The van der Waals surface area contributed by atoms with E-state index < -0.39 is 17.6 Å². The van der Waals surface area contributed by atoms with Crippen molar-refractivity contribution < 1.29 is 18.0 Å². The number of benzene rings is 1. The van der Waals surface area contributed by atoms with E-state index in [1.165, 1.54) is 22.9 Å². The minimum absolute atomic E-state index is 0.0252. The molecule has 0 aliphatic heterocycles. The molecule has 0 aliphatic carbocycles. The lowest BCUT2D eigenvalue weighted by Crippen LogP contribution is -2.26. The van der Waals surface area contributed by atoms with Gasteiger partial charge in [0.15, 0.2) is 0 Å². The summed E-state index contributed by atoms with van der Waals surface area (Å²) in [5, 5.41) is 6.50. The van der Waals surface area contributed by atoms with Crippen molar-refractivity contribution in [2.75, 3.05) is 0 Å². The van der Waals surface area contributed by atoms with Gasteiger partial charge >= 0.3 is 6.18 Å². The van der Waals surface area contributed by atoms with Crippen LogP contribution in [0.4, 0.5) is 13.2 Å². The Morgan fingerprint density at radius 2 is 2.00 bits per heavy atom. The first-order chi connectivity index (χ1) is 9.79. The summed E-state index contributed by atoms with van der Waals surface area (Å²) >= 11 is 0. The molecule has 0 spiro atoms. The average molecular weight is 297 g/mol. The maximum atomic E-state index is 12.8. The highest BCUT2D eigenvalue weighted by Crippen LogP contribution is 2.31. The van der Waals surface area contributed by atoms with Crippen LogP contribution in [-0.2, 0) is 19.8 Å². The summed E-state index contributed by atoms with van der Waals surface area (Å²) in [7, 11) is 1.60. The first-order valence-corrected chi connectivity index (χ1v) is 6.23. The van der Waals surface area contributed by atoms with Gasteiger partial charge < -0.3 is 5.32 Å². The molecule has 0 radical (unpaired) electrons. The van der Waals surface area contributed by atoms with E-state index in [9.17, 15) is 18.0 Å². The van der Waals surface area contributed by atoms with Crippen LogP contribution >= 0.6 is 0 Å². The fourth-order valence-electron chi connectivity index (χ4n) is 2.04. The molecule has 1 heterocycles. The lowest BCUT2D eigenvalue weighted by molar-refractivity contribution is -0.138. The van der Waals surface area contributed by atoms with Gasteiger partial charge in [-0.05, 0) is 24.6 Å². The smallest absolute Gasteiger partial charge is 0.347 e. The number of amides is 1. The molecule has 21 heavy (non-hydrogen) atoms. The molecular formula is C14H14F3N3O. The Bertz CT molecular complexity index is 662. The SMILES string of the molecule is Cc1cc(C(=O)NCc2ccccc2C(F)(F)F)n(C)n1. The Kier molecular flexibility index (Phi) is 4.02. The molecule has 1 aromatic heterocycles. The van der Waals surface area contributed by atoms with E-state index in [1.54, 1.807) is 20.0 Å². The molecule has 112 valence electrons. The Labute approximate surface area is 119 Å². The third-order valence-corrected chi connectivity index (χ3v) is 3.00. The van der Waals surface area contributed by atoms with Crippen LogP contribution < -0.4 is 5.32 Å². The Morgan fingerprint density at radius 3 is 2.57 bits per heavy atom. The molecule has 0 unspecified atom stereocenters. The van der Waals surface area contributed by atoms with Gasteiger partial charge in [-0.3, -0.25) is 9.48 Å². The van der Waals surface area contributed by atoms with E-state index in [-0.39, 0.29) is 12.1 Å². The first-order valence-electron chi connectivity index (χ1n) is 6.23. The fraction of sp³-hybridized carbons (Fsp3) is 0.286. The van der Waals surface area contributed by atoms with Gasteiger partial charge in [-0.15, -0.1) is 0 Å². The molecule has 7 heteroatoms. The number of nitrogens with zero attached hydrogens (tertiary/aromatic N) is 2. The molecular weight excluding hydrogens is 283 g/mol. The van der Waals surface area contributed by atoms with E-state index in [4.69, 9.17) is 0 Å². The third-order valence-electron chi connectivity index (χ3n) is 3.00. The van der Waals surface area contributed by atoms with E-state index >= 15 is 0 Å². The molecule has 0 saturated carbocycles. The summed E-state index contributed by atoms with van der Waals surface area (Å²) < 4.78 is 39.9. The number of rotatable bonds is 3. The molecule has 4 nitrogen and oxygen atoms in total. The van der Waals surface area contributed by atoms with Crippen molar-refractivity contribution in [2.45, 2.75) is 19.6 Å². The van der Waals surface area contributed by atoms with Gasteiger partial charge in [0.05, 0.1) is 11.3 Å². The maximum absolute atomic E-state index is 12.8. The normalized spacial score (nSPS) is 11.5. The number of carbonyl (C=O) groups excluding carboxylic acids is 1. The summed E-state index contributed by atoms with van der Waals surface area (Å²) in [5.74, 6) is -0.463. The lowest BCUT2D eigenvalue weighted by Gasteiger charge is -2.13. The van der Waals surface area contributed by atoms with Gasteiger partial charge in [0.1, 0.15) is 5.69 Å². The van der Waals surface area contributed by atoms with Crippen molar-refractivity contribution in [3.05, 3.63) is 52.8 Å². The maximum Gasteiger partial charge on any atom is 0.416 e. The molecule has 0 atom stereocenters. The minimum atomic E-state index is -4.44. The van der Waals surface area contributed by atoms with E-state index in [2.05, 4.69) is 10.4 Å². The largest absolute Gasteiger partial charge is 0.416 e. The van der Waals surface area contributed by atoms with Crippen molar-refractivity contribution in [1.82, 2.24) is 15.1 Å². The quantitative estimate of drug-likeness (QED) is 0.947. The molecule has 0 fully saturated rings. The molecule has 2 rings (SSSR count). The zero-order valence-electron chi connectivity index (χ0n) is 11.5. The van der Waals surface area contributed by atoms with Gasteiger partial charge in [0.25, 0.3) is 5.91 Å². The van der Waals surface area contributed by atoms with Crippen LogP contribution in [0.25, 0.3) is 0 Å².